The highest BCUT2D eigenvalue weighted by Gasteiger charge is 2.28. The van der Waals surface area contributed by atoms with E-state index in [2.05, 4.69) is 11.9 Å². The predicted molar refractivity (Wildman–Crippen MR) is 91.6 cm³/mol. The third kappa shape index (κ3) is 4.27. The molecule has 0 aromatic heterocycles. The van der Waals surface area contributed by atoms with Gasteiger partial charge in [0.25, 0.3) is 5.91 Å². The molecule has 3 amide bonds. The summed E-state index contributed by atoms with van der Waals surface area (Å²) in [4.78, 5) is 37.1. The maximum atomic E-state index is 12.4. The van der Waals surface area contributed by atoms with E-state index in [1.807, 2.05) is 0 Å². The number of halogens is 1. The molecule has 1 unspecified atom stereocenters. The van der Waals surface area contributed by atoms with Gasteiger partial charge in [-0.05, 0) is 24.3 Å². The molecule has 1 heterocycles. The van der Waals surface area contributed by atoms with Crippen LogP contribution in [0.1, 0.15) is 10.4 Å². The van der Waals surface area contributed by atoms with E-state index in [1.54, 1.807) is 11.0 Å². The number of amides is 3. The van der Waals surface area contributed by atoms with Crippen molar-refractivity contribution in [1.29, 1.82) is 0 Å². The van der Waals surface area contributed by atoms with Crippen molar-refractivity contribution >= 4 is 46.8 Å². The maximum absolute atomic E-state index is 12.4. The SMILES string of the molecule is C=CC(=O)N1CCSC(C(=O)Nc2ccc(Cl)cc2C(N)=O)C1. The molecule has 1 atom stereocenters. The number of nitrogens with two attached hydrogens (primary N) is 1. The molecule has 1 aliphatic heterocycles. The second kappa shape index (κ2) is 7.52. The lowest BCUT2D eigenvalue weighted by Crippen LogP contribution is -2.45. The molecule has 23 heavy (non-hydrogen) atoms. The van der Waals surface area contributed by atoms with E-state index < -0.39 is 11.2 Å². The Morgan fingerprint density at radius 1 is 1.43 bits per heavy atom. The van der Waals surface area contributed by atoms with Gasteiger partial charge in [0.2, 0.25) is 11.8 Å². The molecule has 8 heteroatoms. The first-order valence-corrected chi connectivity index (χ1v) is 8.28. The normalized spacial score (nSPS) is 17.4. The highest BCUT2D eigenvalue weighted by atomic mass is 35.5. The second-order valence-electron chi connectivity index (χ2n) is 4.89. The second-order valence-corrected chi connectivity index (χ2v) is 6.64. The van der Waals surface area contributed by atoms with E-state index >= 15 is 0 Å². The van der Waals surface area contributed by atoms with Crippen molar-refractivity contribution in [3.8, 4) is 0 Å². The quantitative estimate of drug-likeness (QED) is 0.802. The first kappa shape index (κ1) is 17.4. The molecule has 122 valence electrons. The Morgan fingerprint density at radius 2 is 2.17 bits per heavy atom. The van der Waals surface area contributed by atoms with Gasteiger partial charge < -0.3 is 16.0 Å². The summed E-state index contributed by atoms with van der Waals surface area (Å²) in [5, 5.41) is 2.61. The lowest BCUT2D eigenvalue weighted by Gasteiger charge is -2.31. The number of thioether (sulfide) groups is 1. The van der Waals surface area contributed by atoms with Crippen LogP contribution in [-0.4, -0.2) is 46.7 Å². The summed E-state index contributed by atoms with van der Waals surface area (Å²) in [5.41, 5.74) is 5.75. The van der Waals surface area contributed by atoms with E-state index in [9.17, 15) is 14.4 Å². The number of carbonyl (C=O) groups is 3. The van der Waals surface area contributed by atoms with Crippen molar-refractivity contribution in [2.75, 3.05) is 24.2 Å². The van der Waals surface area contributed by atoms with Crippen LogP contribution in [0.15, 0.2) is 30.9 Å². The van der Waals surface area contributed by atoms with Crippen molar-refractivity contribution in [2.45, 2.75) is 5.25 Å². The van der Waals surface area contributed by atoms with Crippen LogP contribution >= 0.6 is 23.4 Å². The van der Waals surface area contributed by atoms with E-state index in [0.29, 0.717) is 29.6 Å². The van der Waals surface area contributed by atoms with Gasteiger partial charge in [0.1, 0.15) is 5.25 Å². The first-order chi connectivity index (χ1) is 10.9. The fraction of sp³-hybridized carbons (Fsp3) is 0.267. The van der Waals surface area contributed by atoms with Crippen molar-refractivity contribution in [1.82, 2.24) is 4.90 Å². The summed E-state index contributed by atoms with van der Waals surface area (Å²) in [7, 11) is 0. The monoisotopic (exact) mass is 353 g/mol. The number of benzene rings is 1. The van der Waals surface area contributed by atoms with Gasteiger partial charge in [0, 0.05) is 23.9 Å². The van der Waals surface area contributed by atoms with Crippen molar-refractivity contribution in [2.24, 2.45) is 5.73 Å². The molecule has 1 aromatic carbocycles. The lowest BCUT2D eigenvalue weighted by atomic mass is 10.1. The average molecular weight is 354 g/mol. The maximum Gasteiger partial charge on any atom is 0.250 e. The molecule has 1 saturated heterocycles. The van der Waals surface area contributed by atoms with Crippen molar-refractivity contribution in [3.63, 3.8) is 0 Å². The zero-order chi connectivity index (χ0) is 17.0. The highest BCUT2D eigenvalue weighted by Crippen LogP contribution is 2.24. The highest BCUT2D eigenvalue weighted by molar-refractivity contribution is 8.00. The molecule has 0 bridgehead atoms. The molecule has 3 N–H and O–H groups in total. The van der Waals surface area contributed by atoms with Gasteiger partial charge in [-0.2, -0.15) is 0 Å². The Bertz CT molecular complexity index is 665. The molecule has 0 spiro atoms. The van der Waals surface area contributed by atoms with Gasteiger partial charge in [-0.1, -0.05) is 18.2 Å². The van der Waals surface area contributed by atoms with Gasteiger partial charge in [-0.3, -0.25) is 14.4 Å². The van der Waals surface area contributed by atoms with Crippen LogP contribution in [0.5, 0.6) is 0 Å². The van der Waals surface area contributed by atoms with Crippen molar-refractivity contribution in [3.05, 3.63) is 41.4 Å². The molecule has 0 saturated carbocycles. The Kier molecular flexibility index (Phi) is 5.68. The Hall–Kier alpha value is -1.99. The molecule has 6 nitrogen and oxygen atoms in total. The van der Waals surface area contributed by atoms with Crippen LogP contribution in [0.2, 0.25) is 5.02 Å². The standard InChI is InChI=1S/C15H16ClN3O3S/c1-2-13(20)19-5-6-23-12(8-19)15(22)18-11-4-3-9(16)7-10(11)14(17)21/h2-4,7,12H,1,5-6,8H2,(H2,17,21)(H,18,22). The summed E-state index contributed by atoms with van der Waals surface area (Å²) in [6.45, 7) is 4.32. The summed E-state index contributed by atoms with van der Waals surface area (Å²) in [5.74, 6) is -0.516. The van der Waals surface area contributed by atoms with Crippen molar-refractivity contribution < 1.29 is 14.4 Å². The topological polar surface area (TPSA) is 92.5 Å². The van der Waals surface area contributed by atoms with Gasteiger partial charge in [0.15, 0.2) is 0 Å². The largest absolute Gasteiger partial charge is 0.366 e. The number of anilines is 1. The fourth-order valence-corrected chi connectivity index (χ4v) is 3.46. The Balaban J connectivity index is 2.11. The molecule has 0 radical (unpaired) electrons. The van der Waals surface area contributed by atoms with E-state index in [1.165, 1.54) is 30.0 Å². The number of rotatable bonds is 4. The van der Waals surface area contributed by atoms with E-state index in [0.717, 1.165) is 0 Å². The molecular weight excluding hydrogens is 338 g/mol. The minimum atomic E-state index is -0.678. The number of nitrogens with one attached hydrogen (secondary N) is 1. The molecule has 0 aliphatic carbocycles. The van der Waals surface area contributed by atoms with E-state index in [4.69, 9.17) is 17.3 Å². The third-order valence-electron chi connectivity index (χ3n) is 3.35. The van der Waals surface area contributed by atoms with Crippen LogP contribution in [0.3, 0.4) is 0 Å². The number of carbonyl (C=O) groups excluding carboxylic acids is 3. The van der Waals surface area contributed by atoms with E-state index in [-0.39, 0.29) is 17.4 Å². The van der Waals surface area contributed by atoms with Crippen LogP contribution in [0.4, 0.5) is 5.69 Å². The third-order valence-corrected chi connectivity index (χ3v) is 4.77. The molecule has 2 rings (SSSR count). The van der Waals surface area contributed by atoms with Crippen LogP contribution < -0.4 is 11.1 Å². The smallest absolute Gasteiger partial charge is 0.250 e. The first-order valence-electron chi connectivity index (χ1n) is 6.85. The summed E-state index contributed by atoms with van der Waals surface area (Å²) >= 11 is 7.30. The predicted octanol–water partition coefficient (Wildman–Crippen LogP) is 1.51. The number of hydrogen-bond donors (Lipinski definition) is 2. The average Bonchev–Trinajstić information content (AvgIpc) is 2.55. The summed E-state index contributed by atoms with van der Waals surface area (Å²) in [6, 6.07) is 4.49. The zero-order valence-corrected chi connectivity index (χ0v) is 13.8. The minimum Gasteiger partial charge on any atom is -0.366 e. The Labute approximate surface area is 143 Å². The molecular formula is C15H16ClN3O3S. The number of nitrogens with zero attached hydrogens (tertiary/aromatic N) is 1. The fourth-order valence-electron chi connectivity index (χ4n) is 2.18. The molecule has 1 fully saturated rings. The molecule has 1 aliphatic rings. The lowest BCUT2D eigenvalue weighted by molar-refractivity contribution is -0.126. The Morgan fingerprint density at radius 3 is 2.83 bits per heavy atom. The van der Waals surface area contributed by atoms with Gasteiger partial charge in [0.05, 0.1) is 11.3 Å². The minimum absolute atomic E-state index is 0.144. The van der Waals surface area contributed by atoms with Crippen LogP contribution in [-0.2, 0) is 9.59 Å². The van der Waals surface area contributed by atoms with Crippen LogP contribution in [0, 0.1) is 0 Å². The van der Waals surface area contributed by atoms with Gasteiger partial charge in [-0.25, -0.2) is 0 Å². The van der Waals surface area contributed by atoms with Gasteiger partial charge in [-0.15, -0.1) is 11.8 Å². The number of hydrogen-bond acceptors (Lipinski definition) is 4. The van der Waals surface area contributed by atoms with Crippen LogP contribution in [0.25, 0.3) is 0 Å². The molecule has 1 aromatic rings. The number of primary amides is 1. The summed E-state index contributed by atoms with van der Waals surface area (Å²) < 4.78 is 0. The van der Waals surface area contributed by atoms with Gasteiger partial charge >= 0.3 is 0 Å². The summed E-state index contributed by atoms with van der Waals surface area (Å²) in [6.07, 6.45) is 1.23. The zero-order valence-electron chi connectivity index (χ0n) is 12.3.